The first-order chi connectivity index (χ1) is 9.83. The number of hydrogen-bond acceptors (Lipinski definition) is 0. The van der Waals surface area contributed by atoms with Gasteiger partial charge in [-0.2, -0.15) is 0 Å². The molecule has 0 aromatic heterocycles. The van der Waals surface area contributed by atoms with Crippen molar-refractivity contribution in [3.63, 3.8) is 0 Å². The third-order valence-electron chi connectivity index (χ3n) is 3.20. The molecule has 20 heavy (non-hydrogen) atoms. The maximum atomic E-state index is 3.90. The number of hydrogen-bond donors (Lipinski definition) is 0. The molecule has 0 spiro atoms. The van der Waals surface area contributed by atoms with Crippen LogP contribution in [0.25, 0.3) is 5.57 Å². The zero-order chi connectivity index (χ0) is 14.2. The van der Waals surface area contributed by atoms with Gasteiger partial charge in [0.2, 0.25) is 0 Å². The molecule has 0 aliphatic heterocycles. The Labute approximate surface area is 121 Å². The average Bonchev–Trinajstić information content (AvgIpc) is 2.49. The zero-order valence-corrected chi connectivity index (χ0v) is 11.9. The highest BCUT2D eigenvalue weighted by atomic mass is 14.0. The van der Waals surface area contributed by atoms with Crippen LogP contribution in [0.15, 0.2) is 85.5 Å². The second-order valence-electron chi connectivity index (χ2n) is 4.71. The van der Waals surface area contributed by atoms with Crippen LogP contribution in [0.4, 0.5) is 0 Å². The quantitative estimate of drug-likeness (QED) is 0.629. The Morgan fingerprint density at radius 1 is 1.00 bits per heavy atom. The Kier molecular flexibility index (Phi) is 5.14. The van der Waals surface area contributed by atoms with Crippen LogP contribution in [-0.2, 0) is 6.42 Å². The smallest absolute Gasteiger partial charge is 0.00256 e. The Balaban J connectivity index is 2.25. The molecule has 0 unspecified atom stereocenters. The van der Waals surface area contributed by atoms with Crippen molar-refractivity contribution < 1.29 is 0 Å². The van der Waals surface area contributed by atoms with Crippen molar-refractivity contribution in [3.8, 4) is 0 Å². The third kappa shape index (κ3) is 3.83. The van der Waals surface area contributed by atoms with Gasteiger partial charge in [-0.1, -0.05) is 85.5 Å². The summed E-state index contributed by atoms with van der Waals surface area (Å²) in [7, 11) is 0. The fourth-order valence-corrected chi connectivity index (χ4v) is 2.17. The molecule has 0 saturated heterocycles. The normalized spacial score (nSPS) is 11.8. The molecule has 0 aliphatic carbocycles. The van der Waals surface area contributed by atoms with E-state index in [0.29, 0.717) is 0 Å². The van der Waals surface area contributed by atoms with Gasteiger partial charge in [0.15, 0.2) is 0 Å². The Hall–Kier alpha value is -2.34. The first kappa shape index (κ1) is 14.1. The van der Waals surface area contributed by atoms with Gasteiger partial charge in [-0.05, 0) is 35.6 Å². The molecule has 0 radical (unpaired) electrons. The fourth-order valence-electron chi connectivity index (χ4n) is 2.17. The number of benzene rings is 2. The maximum absolute atomic E-state index is 3.90. The largest absolute Gasteiger partial charge is 0.0984 e. The monoisotopic (exact) mass is 260 g/mol. The van der Waals surface area contributed by atoms with E-state index < -0.39 is 0 Å². The molecule has 0 bridgehead atoms. The summed E-state index contributed by atoms with van der Waals surface area (Å²) in [5.74, 6) is 0. The van der Waals surface area contributed by atoms with Gasteiger partial charge in [-0.25, -0.2) is 0 Å². The van der Waals surface area contributed by atoms with E-state index in [0.717, 1.165) is 12.0 Å². The van der Waals surface area contributed by atoms with Crippen molar-refractivity contribution in [1.29, 1.82) is 0 Å². The van der Waals surface area contributed by atoms with Crippen molar-refractivity contribution in [1.82, 2.24) is 0 Å². The van der Waals surface area contributed by atoms with E-state index in [9.17, 15) is 0 Å². The van der Waals surface area contributed by atoms with E-state index in [-0.39, 0.29) is 0 Å². The van der Waals surface area contributed by atoms with E-state index >= 15 is 0 Å². The van der Waals surface area contributed by atoms with Crippen LogP contribution in [0, 0.1) is 0 Å². The topological polar surface area (TPSA) is 0 Å². The molecule has 0 atom stereocenters. The maximum Gasteiger partial charge on any atom is -0.00256 e. The van der Waals surface area contributed by atoms with E-state index in [1.165, 1.54) is 16.7 Å². The summed E-state index contributed by atoms with van der Waals surface area (Å²) >= 11 is 0. The highest BCUT2D eigenvalue weighted by molar-refractivity contribution is 5.75. The van der Waals surface area contributed by atoms with Gasteiger partial charge >= 0.3 is 0 Å². The minimum Gasteiger partial charge on any atom is -0.0984 e. The second kappa shape index (κ2) is 7.30. The van der Waals surface area contributed by atoms with Gasteiger partial charge < -0.3 is 0 Å². The van der Waals surface area contributed by atoms with Crippen LogP contribution in [0.3, 0.4) is 0 Å². The lowest BCUT2D eigenvalue weighted by Gasteiger charge is -2.06. The molecular weight excluding hydrogens is 240 g/mol. The van der Waals surface area contributed by atoms with Gasteiger partial charge in [0.25, 0.3) is 0 Å². The molecule has 2 rings (SSSR count). The summed E-state index contributed by atoms with van der Waals surface area (Å²) in [5, 5.41) is 0. The first-order valence-electron chi connectivity index (χ1n) is 6.92. The predicted molar refractivity (Wildman–Crippen MR) is 88.7 cm³/mol. The van der Waals surface area contributed by atoms with Gasteiger partial charge in [0, 0.05) is 0 Å². The summed E-state index contributed by atoms with van der Waals surface area (Å²) < 4.78 is 0. The van der Waals surface area contributed by atoms with Crippen molar-refractivity contribution in [2.75, 3.05) is 0 Å². The highest BCUT2D eigenvalue weighted by Gasteiger charge is 2.00. The van der Waals surface area contributed by atoms with Gasteiger partial charge in [-0.15, -0.1) is 0 Å². The van der Waals surface area contributed by atoms with Crippen molar-refractivity contribution in [3.05, 3.63) is 102 Å². The van der Waals surface area contributed by atoms with Gasteiger partial charge in [0.05, 0.1) is 0 Å². The molecule has 100 valence electrons. The van der Waals surface area contributed by atoms with Crippen molar-refractivity contribution in [2.24, 2.45) is 0 Å². The third-order valence-corrected chi connectivity index (χ3v) is 3.20. The second-order valence-corrected chi connectivity index (χ2v) is 4.71. The summed E-state index contributed by atoms with van der Waals surface area (Å²) in [6.45, 7) is 5.92. The first-order valence-corrected chi connectivity index (χ1v) is 6.92. The summed E-state index contributed by atoms with van der Waals surface area (Å²) in [6, 6.07) is 19.2. The molecular formula is C20H20. The summed E-state index contributed by atoms with van der Waals surface area (Å²) in [4.78, 5) is 0. The van der Waals surface area contributed by atoms with E-state index in [1.54, 1.807) is 0 Å². The molecule has 2 aromatic carbocycles. The zero-order valence-electron chi connectivity index (χ0n) is 11.9. The van der Waals surface area contributed by atoms with E-state index in [1.807, 2.05) is 25.2 Å². The van der Waals surface area contributed by atoms with E-state index in [4.69, 9.17) is 0 Å². The van der Waals surface area contributed by atoms with Crippen LogP contribution in [0.2, 0.25) is 0 Å². The minimum absolute atomic E-state index is 0.961. The van der Waals surface area contributed by atoms with Crippen molar-refractivity contribution >= 4 is 5.57 Å². The minimum atomic E-state index is 0.961. The Morgan fingerprint density at radius 3 is 2.45 bits per heavy atom. The summed E-state index contributed by atoms with van der Waals surface area (Å²) in [5.41, 5.74) is 5.02. The van der Waals surface area contributed by atoms with Crippen LogP contribution in [0.5, 0.6) is 0 Å². The van der Waals surface area contributed by atoms with Crippen LogP contribution < -0.4 is 0 Å². The standard InChI is InChI=1S/C20H20/c1-3-5-13-19(4-2)20-14-9-12-18(16-20)15-17-10-7-6-8-11-17/h3-14,16H,2,15H2,1H3/b5-3-,19-13+. The molecule has 0 heteroatoms. The molecule has 0 nitrogen and oxygen atoms in total. The Morgan fingerprint density at radius 2 is 1.75 bits per heavy atom. The number of rotatable bonds is 5. The van der Waals surface area contributed by atoms with Crippen LogP contribution in [0.1, 0.15) is 23.6 Å². The lowest BCUT2D eigenvalue weighted by Crippen LogP contribution is -1.89. The molecule has 0 N–H and O–H groups in total. The molecule has 0 heterocycles. The predicted octanol–water partition coefficient (Wildman–Crippen LogP) is 5.42. The molecule has 0 fully saturated rings. The van der Waals surface area contributed by atoms with Gasteiger partial charge in [0.1, 0.15) is 0 Å². The summed E-state index contributed by atoms with van der Waals surface area (Å²) in [6.07, 6.45) is 9.02. The highest BCUT2D eigenvalue weighted by Crippen LogP contribution is 2.19. The molecule has 0 amide bonds. The van der Waals surface area contributed by atoms with Crippen LogP contribution in [-0.4, -0.2) is 0 Å². The molecule has 0 saturated carbocycles. The van der Waals surface area contributed by atoms with Gasteiger partial charge in [-0.3, -0.25) is 0 Å². The van der Waals surface area contributed by atoms with E-state index in [2.05, 4.69) is 67.3 Å². The Bertz CT molecular complexity index is 615. The lowest BCUT2D eigenvalue weighted by atomic mass is 9.99. The fraction of sp³-hybridized carbons (Fsp3) is 0.100. The average molecular weight is 260 g/mol. The number of allylic oxidation sites excluding steroid dienone is 5. The molecule has 0 aliphatic rings. The van der Waals surface area contributed by atoms with Crippen LogP contribution >= 0.6 is 0 Å². The SMILES string of the molecule is C=C/C(=C\C=C/C)c1cccc(Cc2ccccc2)c1. The van der Waals surface area contributed by atoms with Crippen molar-refractivity contribution in [2.45, 2.75) is 13.3 Å². The lowest BCUT2D eigenvalue weighted by molar-refractivity contribution is 1.19. The molecule has 2 aromatic rings.